The molecule has 20 heavy (non-hydrogen) atoms. The zero-order valence-electron chi connectivity index (χ0n) is 11.2. The molecule has 2 aromatic rings. The first-order chi connectivity index (χ1) is 9.61. The van der Waals surface area contributed by atoms with E-state index in [0.29, 0.717) is 11.3 Å². The van der Waals surface area contributed by atoms with E-state index in [0.717, 1.165) is 11.3 Å². The monoisotopic (exact) mass is 270 g/mol. The van der Waals surface area contributed by atoms with Crippen LogP contribution in [0.1, 0.15) is 11.1 Å². The van der Waals surface area contributed by atoms with E-state index in [1.165, 1.54) is 6.07 Å². The summed E-state index contributed by atoms with van der Waals surface area (Å²) in [5, 5.41) is 10.9. The molecule has 2 aromatic carbocycles. The Morgan fingerprint density at radius 1 is 1.25 bits per heavy atom. The minimum absolute atomic E-state index is 0.0743. The van der Waals surface area contributed by atoms with Gasteiger partial charge in [-0.05, 0) is 30.7 Å². The number of nitro benzene ring substituents is 1. The number of benzene rings is 2. The highest BCUT2D eigenvalue weighted by Gasteiger charge is 2.12. The van der Waals surface area contributed by atoms with Crippen LogP contribution in [0.2, 0.25) is 0 Å². The maximum atomic E-state index is 10.9. The highest BCUT2D eigenvalue weighted by atomic mass is 16.6. The van der Waals surface area contributed by atoms with Crippen molar-refractivity contribution in [2.45, 2.75) is 6.92 Å². The third kappa shape index (κ3) is 3.00. The first-order valence-electron chi connectivity index (χ1n) is 6.04. The van der Waals surface area contributed by atoms with Gasteiger partial charge in [0.1, 0.15) is 5.75 Å². The molecule has 0 spiro atoms. The molecule has 0 fully saturated rings. The quantitative estimate of drug-likeness (QED) is 0.483. The summed E-state index contributed by atoms with van der Waals surface area (Å²) in [5.41, 5.74) is 2.08. The Bertz CT molecular complexity index is 666. The van der Waals surface area contributed by atoms with Crippen molar-refractivity contribution in [3.05, 3.63) is 63.7 Å². The van der Waals surface area contributed by atoms with Gasteiger partial charge >= 0.3 is 0 Å². The van der Waals surface area contributed by atoms with E-state index >= 15 is 0 Å². The standard InChI is InChI=1S/C15H14N2O3/c1-11-14(7-4-8-15(11)17(18)19)16-10-12-5-3-6-13(9-12)20-2/h3-10H,1-2H3. The first kappa shape index (κ1) is 13.7. The van der Waals surface area contributed by atoms with E-state index < -0.39 is 4.92 Å². The van der Waals surface area contributed by atoms with Crippen molar-refractivity contribution in [3.8, 4) is 5.75 Å². The van der Waals surface area contributed by atoms with E-state index in [1.807, 2.05) is 24.3 Å². The Morgan fingerprint density at radius 3 is 2.70 bits per heavy atom. The van der Waals surface area contributed by atoms with Gasteiger partial charge in [-0.25, -0.2) is 0 Å². The highest BCUT2D eigenvalue weighted by molar-refractivity contribution is 5.83. The maximum absolute atomic E-state index is 10.9. The third-order valence-corrected chi connectivity index (χ3v) is 2.92. The topological polar surface area (TPSA) is 64.7 Å². The number of methoxy groups -OCH3 is 1. The highest BCUT2D eigenvalue weighted by Crippen LogP contribution is 2.27. The molecular formula is C15H14N2O3. The fourth-order valence-electron chi connectivity index (χ4n) is 1.82. The van der Waals surface area contributed by atoms with Crippen LogP contribution in [0.25, 0.3) is 0 Å². The van der Waals surface area contributed by atoms with Crippen molar-refractivity contribution in [3.63, 3.8) is 0 Å². The molecule has 0 aromatic heterocycles. The molecule has 0 unspecified atom stereocenters. The van der Waals surface area contributed by atoms with Gasteiger partial charge in [-0.2, -0.15) is 0 Å². The second-order valence-electron chi connectivity index (χ2n) is 4.21. The molecule has 0 aliphatic rings. The lowest BCUT2D eigenvalue weighted by atomic mass is 10.1. The van der Waals surface area contributed by atoms with Crippen LogP contribution >= 0.6 is 0 Å². The molecule has 0 saturated carbocycles. The Hall–Kier alpha value is -2.69. The summed E-state index contributed by atoms with van der Waals surface area (Å²) in [4.78, 5) is 14.8. The van der Waals surface area contributed by atoms with Gasteiger partial charge < -0.3 is 4.74 Å². The maximum Gasteiger partial charge on any atom is 0.274 e. The summed E-state index contributed by atoms with van der Waals surface area (Å²) < 4.78 is 5.13. The molecule has 0 radical (unpaired) electrons. The van der Waals surface area contributed by atoms with Crippen LogP contribution in [0.3, 0.4) is 0 Å². The van der Waals surface area contributed by atoms with Gasteiger partial charge in [-0.15, -0.1) is 0 Å². The summed E-state index contributed by atoms with van der Waals surface area (Å²) in [6, 6.07) is 12.3. The van der Waals surface area contributed by atoms with E-state index in [2.05, 4.69) is 4.99 Å². The number of aliphatic imine (C=N–C) groups is 1. The van der Waals surface area contributed by atoms with Crippen LogP contribution in [0, 0.1) is 17.0 Å². The molecule has 2 rings (SSSR count). The second kappa shape index (κ2) is 5.97. The smallest absolute Gasteiger partial charge is 0.274 e. The van der Waals surface area contributed by atoms with Crippen LogP contribution in [0.5, 0.6) is 5.75 Å². The molecular weight excluding hydrogens is 256 g/mol. The Morgan fingerprint density at radius 2 is 2.00 bits per heavy atom. The van der Waals surface area contributed by atoms with Crippen LogP contribution < -0.4 is 4.74 Å². The van der Waals surface area contributed by atoms with Gasteiger partial charge in [-0.1, -0.05) is 18.2 Å². The zero-order valence-corrected chi connectivity index (χ0v) is 11.2. The van der Waals surface area contributed by atoms with Gasteiger partial charge in [0.25, 0.3) is 5.69 Å². The van der Waals surface area contributed by atoms with Crippen LogP contribution in [-0.4, -0.2) is 18.2 Å². The van der Waals surface area contributed by atoms with Gasteiger partial charge in [-0.3, -0.25) is 15.1 Å². The number of nitrogens with zero attached hydrogens (tertiary/aromatic N) is 2. The van der Waals surface area contributed by atoms with Crippen molar-refractivity contribution in [2.24, 2.45) is 4.99 Å². The van der Waals surface area contributed by atoms with Crippen LogP contribution in [0.15, 0.2) is 47.5 Å². The Kier molecular flexibility index (Phi) is 4.10. The number of nitro groups is 1. The number of ether oxygens (including phenoxy) is 1. The van der Waals surface area contributed by atoms with Gasteiger partial charge in [0, 0.05) is 12.3 Å². The average Bonchev–Trinajstić information content (AvgIpc) is 2.46. The molecule has 0 amide bonds. The van der Waals surface area contributed by atoms with Crippen molar-refractivity contribution >= 4 is 17.6 Å². The molecule has 0 N–H and O–H groups in total. The largest absolute Gasteiger partial charge is 0.497 e. The van der Waals surface area contributed by atoms with E-state index in [-0.39, 0.29) is 5.69 Å². The van der Waals surface area contributed by atoms with Gasteiger partial charge in [0.15, 0.2) is 0 Å². The number of rotatable bonds is 4. The molecule has 102 valence electrons. The van der Waals surface area contributed by atoms with Crippen molar-refractivity contribution in [1.82, 2.24) is 0 Å². The van der Waals surface area contributed by atoms with Gasteiger partial charge in [0.2, 0.25) is 0 Å². The van der Waals surface area contributed by atoms with Crippen LogP contribution in [0.4, 0.5) is 11.4 Å². The fourth-order valence-corrected chi connectivity index (χ4v) is 1.82. The molecule has 0 saturated heterocycles. The summed E-state index contributed by atoms with van der Waals surface area (Å²) in [6.07, 6.45) is 1.66. The second-order valence-corrected chi connectivity index (χ2v) is 4.21. The van der Waals surface area contributed by atoms with Crippen molar-refractivity contribution < 1.29 is 9.66 Å². The average molecular weight is 270 g/mol. The SMILES string of the molecule is COc1cccc(C=Nc2cccc([N+](=O)[O-])c2C)c1. The summed E-state index contributed by atoms with van der Waals surface area (Å²) in [6.45, 7) is 1.69. The molecule has 0 atom stereocenters. The minimum atomic E-state index is -0.403. The normalized spacial score (nSPS) is 10.7. The van der Waals surface area contributed by atoms with E-state index in [9.17, 15) is 10.1 Å². The Balaban J connectivity index is 2.31. The predicted molar refractivity (Wildman–Crippen MR) is 78.1 cm³/mol. The molecule has 5 nitrogen and oxygen atoms in total. The lowest BCUT2D eigenvalue weighted by Gasteiger charge is -2.02. The summed E-state index contributed by atoms with van der Waals surface area (Å²) >= 11 is 0. The first-order valence-corrected chi connectivity index (χ1v) is 6.04. The van der Waals surface area contributed by atoms with Crippen molar-refractivity contribution in [2.75, 3.05) is 7.11 Å². The van der Waals surface area contributed by atoms with E-state index in [1.54, 1.807) is 32.4 Å². The molecule has 5 heteroatoms. The Labute approximate surface area is 116 Å². The zero-order chi connectivity index (χ0) is 14.5. The van der Waals surface area contributed by atoms with E-state index in [4.69, 9.17) is 4.74 Å². The molecule has 0 bridgehead atoms. The lowest BCUT2D eigenvalue weighted by Crippen LogP contribution is -1.91. The van der Waals surface area contributed by atoms with Gasteiger partial charge in [0.05, 0.1) is 23.3 Å². The molecule has 0 heterocycles. The minimum Gasteiger partial charge on any atom is -0.497 e. The third-order valence-electron chi connectivity index (χ3n) is 2.92. The fraction of sp³-hybridized carbons (Fsp3) is 0.133. The number of hydrogen-bond acceptors (Lipinski definition) is 4. The number of hydrogen-bond donors (Lipinski definition) is 0. The molecule has 0 aliphatic carbocycles. The molecule has 0 aliphatic heterocycles. The lowest BCUT2D eigenvalue weighted by molar-refractivity contribution is -0.385. The van der Waals surface area contributed by atoms with Crippen LogP contribution in [-0.2, 0) is 0 Å². The summed E-state index contributed by atoms with van der Waals surface area (Å²) in [7, 11) is 1.60. The van der Waals surface area contributed by atoms with Crippen molar-refractivity contribution in [1.29, 1.82) is 0 Å². The summed E-state index contributed by atoms with van der Waals surface area (Å²) in [5.74, 6) is 0.740. The predicted octanol–water partition coefficient (Wildman–Crippen LogP) is 3.66.